The van der Waals surface area contributed by atoms with E-state index in [0.29, 0.717) is 11.8 Å². The Labute approximate surface area is 167 Å². The lowest BCUT2D eigenvalue weighted by Crippen LogP contribution is -2.57. The van der Waals surface area contributed by atoms with Gasteiger partial charge in [0, 0.05) is 5.92 Å². The third-order valence-electron chi connectivity index (χ3n) is 6.39. The average Bonchev–Trinajstić information content (AvgIpc) is 2.75. The molecule has 0 amide bonds. The number of hydrogen-bond donors (Lipinski definition) is 0. The smallest absolute Gasteiger partial charge is 0.157 e. The Morgan fingerprint density at radius 2 is 1.32 bits per heavy atom. The minimum atomic E-state index is -0.557. The lowest BCUT2D eigenvalue weighted by atomic mass is 9.59. The summed E-state index contributed by atoms with van der Waals surface area (Å²) in [6.07, 6.45) is 2.00. The van der Waals surface area contributed by atoms with Crippen molar-refractivity contribution in [2.45, 2.75) is 37.9 Å². The molecule has 0 spiro atoms. The molecule has 0 radical (unpaired) electrons. The summed E-state index contributed by atoms with van der Waals surface area (Å²) in [5, 5.41) is 0. The third-order valence-corrected chi connectivity index (χ3v) is 6.39. The molecule has 0 aromatic heterocycles. The molecule has 1 unspecified atom stereocenters. The van der Waals surface area contributed by atoms with Gasteiger partial charge in [0.05, 0.1) is 0 Å². The van der Waals surface area contributed by atoms with Crippen molar-refractivity contribution in [2.75, 3.05) is 0 Å². The van der Waals surface area contributed by atoms with E-state index in [1.54, 1.807) is 0 Å². The molecule has 2 heteroatoms. The summed E-state index contributed by atoms with van der Waals surface area (Å²) in [5.41, 5.74) is 3.71. The van der Waals surface area contributed by atoms with E-state index in [2.05, 4.69) is 98.8 Å². The van der Waals surface area contributed by atoms with Crippen LogP contribution in [-0.2, 0) is 21.0 Å². The van der Waals surface area contributed by atoms with Gasteiger partial charge in [-0.3, -0.25) is 0 Å². The maximum atomic E-state index is 6.45. The molecule has 28 heavy (non-hydrogen) atoms. The largest absolute Gasteiger partial charge is 0.219 e. The van der Waals surface area contributed by atoms with Crippen molar-refractivity contribution < 1.29 is 9.78 Å². The quantitative estimate of drug-likeness (QED) is 0.509. The predicted molar refractivity (Wildman–Crippen MR) is 111 cm³/mol. The van der Waals surface area contributed by atoms with Gasteiger partial charge in [-0.15, -0.1) is 0 Å². The Balaban J connectivity index is 1.78. The molecule has 2 bridgehead atoms. The minimum absolute atomic E-state index is 0.332. The van der Waals surface area contributed by atoms with Gasteiger partial charge < -0.3 is 0 Å². The van der Waals surface area contributed by atoms with Gasteiger partial charge in [-0.05, 0) is 41.0 Å². The highest BCUT2D eigenvalue weighted by Gasteiger charge is 2.62. The molecule has 1 fully saturated rings. The maximum absolute atomic E-state index is 6.45. The van der Waals surface area contributed by atoms with E-state index in [1.807, 2.05) is 0 Å². The molecule has 1 saturated heterocycles. The van der Waals surface area contributed by atoms with Crippen molar-refractivity contribution in [3.8, 4) is 0 Å². The van der Waals surface area contributed by atoms with Crippen LogP contribution >= 0.6 is 0 Å². The van der Waals surface area contributed by atoms with Crippen LogP contribution in [0.1, 0.15) is 48.9 Å². The van der Waals surface area contributed by atoms with Crippen molar-refractivity contribution in [2.24, 2.45) is 11.8 Å². The van der Waals surface area contributed by atoms with Crippen LogP contribution in [0.4, 0.5) is 0 Å². The minimum Gasteiger partial charge on any atom is -0.219 e. The fourth-order valence-electron chi connectivity index (χ4n) is 5.28. The van der Waals surface area contributed by atoms with Crippen LogP contribution < -0.4 is 0 Å². The van der Waals surface area contributed by atoms with E-state index >= 15 is 0 Å². The highest BCUT2D eigenvalue weighted by atomic mass is 17.2. The number of hydrogen-bond acceptors (Lipinski definition) is 2. The molecule has 3 aromatic carbocycles. The summed E-state index contributed by atoms with van der Waals surface area (Å²) in [6.45, 7) is 4.59. The molecule has 6 rings (SSSR count). The summed E-state index contributed by atoms with van der Waals surface area (Å²) in [6, 6.07) is 29.8. The summed E-state index contributed by atoms with van der Waals surface area (Å²) in [4.78, 5) is 12.8. The fourth-order valence-corrected chi connectivity index (χ4v) is 5.28. The van der Waals surface area contributed by atoms with Crippen LogP contribution in [0.25, 0.3) is 0 Å². The topological polar surface area (TPSA) is 18.5 Å². The maximum Gasteiger partial charge on any atom is 0.157 e. The first-order valence-electron chi connectivity index (χ1n) is 10.2. The number of fused-ring (bicyclic) bond motifs is 2. The van der Waals surface area contributed by atoms with E-state index in [9.17, 15) is 0 Å². The van der Waals surface area contributed by atoms with E-state index in [1.165, 1.54) is 16.7 Å². The second kappa shape index (κ2) is 6.58. The van der Waals surface area contributed by atoms with Gasteiger partial charge in [-0.25, -0.2) is 9.78 Å². The SMILES string of the molecule is CC(C)CC1C[C@@]2(c3ccccc3)OO[C@]1(c1ccccc1)c1ccccc12. The van der Waals surface area contributed by atoms with Gasteiger partial charge in [0.15, 0.2) is 11.2 Å². The first kappa shape index (κ1) is 17.7. The molecule has 3 aromatic rings. The molecule has 0 N–H and O–H groups in total. The van der Waals surface area contributed by atoms with E-state index < -0.39 is 11.2 Å². The molecule has 2 aliphatic heterocycles. The molecule has 2 heterocycles. The van der Waals surface area contributed by atoms with E-state index in [4.69, 9.17) is 9.78 Å². The Kier molecular flexibility index (Phi) is 4.15. The van der Waals surface area contributed by atoms with Crippen LogP contribution in [0.3, 0.4) is 0 Å². The van der Waals surface area contributed by atoms with Gasteiger partial charge >= 0.3 is 0 Å². The molecule has 3 aliphatic rings. The van der Waals surface area contributed by atoms with Crippen LogP contribution in [0.5, 0.6) is 0 Å². The second-order valence-corrected chi connectivity index (χ2v) is 8.54. The highest BCUT2D eigenvalue weighted by Crippen LogP contribution is 2.62. The van der Waals surface area contributed by atoms with Crippen LogP contribution in [0, 0.1) is 11.8 Å². The normalized spacial score (nSPS) is 28.3. The Hall–Kier alpha value is -2.42. The Morgan fingerprint density at radius 3 is 1.96 bits per heavy atom. The van der Waals surface area contributed by atoms with Crippen molar-refractivity contribution in [1.29, 1.82) is 0 Å². The fraction of sp³-hybridized carbons (Fsp3) is 0.308. The predicted octanol–water partition coefficient (Wildman–Crippen LogP) is 6.20. The Bertz CT molecular complexity index is 966. The lowest BCUT2D eigenvalue weighted by molar-refractivity contribution is -0.458. The number of benzene rings is 3. The molecular formula is C26H26O2. The van der Waals surface area contributed by atoms with Gasteiger partial charge in [0.2, 0.25) is 0 Å². The first-order valence-corrected chi connectivity index (χ1v) is 10.2. The summed E-state index contributed by atoms with van der Waals surface area (Å²) in [5.74, 6) is 0.910. The molecule has 1 aliphatic carbocycles. The average molecular weight is 370 g/mol. The van der Waals surface area contributed by atoms with Crippen molar-refractivity contribution in [3.05, 3.63) is 107 Å². The van der Waals surface area contributed by atoms with Gasteiger partial charge in [-0.1, -0.05) is 98.8 Å². The van der Waals surface area contributed by atoms with Gasteiger partial charge in [0.1, 0.15) is 0 Å². The van der Waals surface area contributed by atoms with E-state index in [0.717, 1.165) is 18.4 Å². The summed E-state index contributed by atoms with van der Waals surface area (Å²) >= 11 is 0. The zero-order valence-electron chi connectivity index (χ0n) is 16.5. The standard InChI is InChI=1S/C26H26O2/c1-19(2)17-22-18-25(20-11-5-3-6-12-20)23-15-9-10-16-24(23)26(22,28-27-25)21-13-7-4-8-14-21/h3-16,19,22H,17-18H2,1-2H3/t22?,25-,26-/m0/s1. The van der Waals surface area contributed by atoms with Gasteiger partial charge in [-0.2, -0.15) is 0 Å². The Morgan fingerprint density at radius 1 is 0.750 bits per heavy atom. The summed E-state index contributed by atoms with van der Waals surface area (Å²) < 4.78 is 0. The lowest BCUT2D eigenvalue weighted by Gasteiger charge is -2.57. The zero-order valence-corrected chi connectivity index (χ0v) is 16.5. The van der Waals surface area contributed by atoms with Crippen molar-refractivity contribution in [1.82, 2.24) is 0 Å². The summed E-state index contributed by atoms with van der Waals surface area (Å²) in [7, 11) is 0. The second-order valence-electron chi connectivity index (χ2n) is 8.54. The van der Waals surface area contributed by atoms with Crippen LogP contribution in [0.2, 0.25) is 0 Å². The molecule has 2 nitrogen and oxygen atoms in total. The number of rotatable bonds is 4. The molecule has 142 valence electrons. The third kappa shape index (κ3) is 2.41. The van der Waals surface area contributed by atoms with Crippen molar-refractivity contribution in [3.63, 3.8) is 0 Å². The zero-order chi connectivity index (χ0) is 19.2. The molecule has 0 saturated carbocycles. The first-order chi connectivity index (χ1) is 13.7. The van der Waals surface area contributed by atoms with E-state index in [-0.39, 0.29) is 0 Å². The van der Waals surface area contributed by atoms with Crippen molar-refractivity contribution >= 4 is 0 Å². The van der Waals surface area contributed by atoms with Gasteiger partial charge in [0.25, 0.3) is 0 Å². The van der Waals surface area contributed by atoms with Crippen LogP contribution in [-0.4, -0.2) is 0 Å². The van der Waals surface area contributed by atoms with Crippen LogP contribution in [0.15, 0.2) is 84.9 Å². The monoisotopic (exact) mass is 370 g/mol. The molecular weight excluding hydrogens is 344 g/mol. The molecule has 3 atom stereocenters. The highest BCUT2D eigenvalue weighted by molar-refractivity contribution is 5.52.